The summed E-state index contributed by atoms with van der Waals surface area (Å²) in [5.74, 6) is 0.573. The van der Waals surface area contributed by atoms with Gasteiger partial charge in [-0.2, -0.15) is 0 Å². The number of benzene rings is 3. The topological polar surface area (TPSA) is 77.2 Å². The molecule has 0 aliphatic rings. The number of rotatable bonds is 6. The second kappa shape index (κ2) is 9.77. The lowest BCUT2D eigenvalue weighted by Crippen LogP contribution is -2.05. The Morgan fingerprint density at radius 1 is 1.11 bits per heavy atom. The minimum Gasteiger partial charge on any atom is -0.496 e. The van der Waals surface area contributed by atoms with E-state index in [2.05, 4.69) is 30.8 Å². The minimum atomic E-state index is -1.56. The monoisotopic (exact) mass is 571 g/mol. The van der Waals surface area contributed by atoms with Crippen molar-refractivity contribution < 1.29 is 17.9 Å². The lowest BCUT2D eigenvalue weighted by atomic mass is 9.96. The van der Waals surface area contributed by atoms with Gasteiger partial charge in [-0.15, -0.1) is 0 Å². The highest BCUT2D eigenvalue weighted by molar-refractivity contribution is 9.10. The molecule has 0 aliphatic carbocycles. The predicted octanol–water partition coefficient (Wildman–Crippen LogP) is 7.26. The van der Waals surface area contributed by atoms with Gasteiger partial charge in [0.05, 0.1) is 17.5 Å². The Kier molecular flexibility index (Phi) is 6.55. The van der Waals surface area contributed by atoms with E-state index in [4.69, 9.17) is 20.9 Å². The second-order valence-corrected chi connectivity index (χ2v) is 9.93. The molecule has 176 valence electrons. The SMILES string of the molecule is COc1cc(-c2cccc(F)c2)c(Cl)cc1-c1c(Br)cnc2cc(S(=O)Nc3ccon3)ccc12. The molecule has 0 aliphatic heterocycles. The molecule has 0 bridgehead atoms. The molecular weight excluding hydrogens is 557 g/mol. The maximum absolute atomic E-state index is 13.8. The molecule has 6 nitrogen and oxygen atoms in total. The summed E-state index contributed by atoms with van der Waals surface area (Å²) in [7, 11) is 0.00382. The van der Waals surface area contributed by atoms with Crippen molar-refractivity contribution in [1.82, 2.24) is 10.1 Å². The molecule has 0 saturated heterocycles. The third-order valence-corrected chi connectivity index (χ3v) is 7.33. The van der Waals surface area contributed by atoms with E-state index in [1.807, 2.05) is 6.07 Å². The number of hydrogen-bond acceptors (Lipinski definition) is 5. The number of anilines is 1. The van der Waals surface area contributed by atoms with Gasteiger partial charge in [-0.25, -0.2) is 8.60 Å². The van der Waals surface area contributed by atoms with Crippen LogP contribution in [0.5, 0.6) is 5.75 Å². The number of nitrogens with one attached hydrogen (secondary N) is 1. The highest BCUT2D eigenvalue weighted by atomic mass is 79.9. The summed E-state index contributed by atoms with van der Waals surface area (Å²) in [5.41, 5.74) is 3.46. The first-order valence-electron chi connectivity index (χ1n) is 10.3. The Bertz CT molecular complexity index is 1580. The Morgan fingerprint density at radius 2 is 1.97 bits per heavy atom. The van der Waals surface area contributed by atoms with Crippen LogP contribution in [0, 0.1) is 5.82 Å². The molecule has 0 spiro atoms. The van der Waals surface area contributed by atoms with Crippen molar-refractivity contribution in [3.8, 4) is 28.0 Å². The predicted molar refractivity (Wildman–Crippen MR) is 138 cm³/mol. The van der Waals surface area contributed by atoms with Crippen molar-refractivity contribution in [2.45, 2.75) is 4.90 Å². The molecule has 2 aromatic heterocycles. The standard InChI is InChI=1S/C25H16BrClFN3O3S/c1-33-23-12-18(14-3-2-4-15(28)9-14)21(27)11-19(23)25-17-6-5-16(10-22(17)29-13-20(25)26)35(32)31-24-7-8-34-30-24/h2-13H,1H3,(H,30,31). The van der Waals surface area contributed by atoms with Crippen molar-refractivity contribution in [3.63, 3.8) is 0 Å². The van der Waals surface area contributed by atoms with E-state index >= 15 is 0 Å². The maximum Gasteiger partial charge on any atom is 0.181 e. The fourth-order valence-electron chi connectivity index (χ4n) is 3.75. The number of methoxy groups -OCH3 is 1. The number of fused-ring (bicyclic) bond motifs is 1. The molecule has 10 heteroatoms. The van der Waals surface area contributed by atoms with Gasteiger partial charge < -0.3 is 9.26 Å². The van der Waals surface area contributed by atoms with Gasteiger partial charge >= 0.3 is 0 Å². The lowest BCUT2D eigenvalue weighted by molar-refractivity contribution is 0.416. The molecule has 1 unspecified atom stereocenters. The van der Waals surface area contributed by atoms with Crippen LogP contribution in [-0.2, 0) is 11.0 Å². The molecular formula is C25H16BrClFN3O3S. The van der Waals surface area contributed by atoms with Crippen molar-refractivity contribution in [2.75, 3.05) is 11.8 Å². The fourth-order valence-corrected chi connectivity index (χ4v) is 5.38. The van der Waals surface area contributed by atoms with E-state index in [1.54, 1.807) is 55.8 Å². The molecule has 5 rings (SSSR count). The molecule has 1 N–H and O–H groups in total. The van der Waals surface area contributed by atoms with E-state index in [1.165, 1.54) is 18.4 Å². The summed E-state index contributed by atoms with van der Waals surface area (Å²) in [4.78, 5) is 5.02. The van der Waals surface area contributed by atoms with Crippen LogP contribution in [0.4, 0.5) is 10.2 Å². The minimum absolute atomic E-state index is 0.351. The first kappa shape index (κ1) is 23.5. The quantitative estimate of drug-likeness (QED) is 0.232. The van der Waals surface area contributed by atoms with Gasteiger partial charge in [0.15, 0.2) is 16.8 Å². The number of halogens is 3. The van der Waals surface area contributed by atoms with Crippen LogP contribution in [0.15, 0.2) is 87.0 Å². The van der Waals surface area contributed by atoms with Crippen LogP contribution in [0.3, 0.4) is 0 Å². The Morgan fingerprint density at radius 3 is 2.71 bits per heavy atom. The molecule has 5 aromatic rings. The molecule has 3 aromatic carbocycles. The summed E-state index contributed by atoms with van der Waals surface area (Å²) in [6.45, 7) is 0. The van der Waals surface area contributed by atoms with E-state index in [0.29, 0.717) is 38.1 Å². The van der Waals surface area contributed by atoms with Crippen LogP contribution in [-0.4, -0.2) is 21.5 Å². The lowest BCUT2D eigenvalue weighted by Gasteiger charge is -2.16. The van der Waals surface area contributed by atoms with Gasteiger partial charge in [-0.05, 0) is 57.9 Å². The first-order valence-corrected chi connectivity index (χ1v) is 12.6. The van der Waals surface area contributed by atoms with Gasteiger partial charge in [0, 0.05) is 43.8 Å². The number of pyridine rings is 1. The van der Waals surface area contributed by atoms with Crippen molar-refractivity contribution in [1.29, 1.82) is 0 Å². The average molecular weight is 573 g/mol. The van der Waals surface area contributed by atoms with Crippen LogP contribution in [0.2, 0.25) is 5.02 Å². The molecule has 0 fully saturated rings. The smallest absolute Gasteiger partial charge is 0.181 e. The van der Waals surface area contributed by atoms with Crippen LogP contribution in [0.1, 0.15) is 0 Å². The fraction of sp³-hybridized carbons (Fsp3) is 0.0400. The van der Waals surface area contributed by atoms with Crippen molar-refractivity contribution in [2.24, 2.45) is 0 Å². The van der Waals surface area contributed by atoms with Crippen molar-refractivity contribution >= 4 is 55.2 Å². The van der Waals surface area contributed by atoms with Crippen molar-refractivity contribution in [3.05, 3.63) is 88.4 Å². The summed E-state index contributed by atoms with van der Waals surface area (Å²) in [6.07, 6.45) is 3.06. The third kappa shape index (κ3) is 4.67. The Hall–Kier alpha value is -3.27. The van der Waals surface area contributed by atoms with Gasteiger partial charge in [0.1, 0.15) is 17.8 Å². The third-order valence-electron chi connectivity index (χ3n) is 5.34. The molecule has 35 heavy (non-hydrogen) atoms. The van der Waals surface area contributed by atoms with E-state index < -0.39 is 11.0 Å². The number of nitrogens with zero attached hydrogens (tertiary/aromatic N) is 2. The average Bonchev–Trinajstić information content (AvgIpc) is 3.36. The van der Waals surface area contributed by atoms with E-state index in [-0.39, 0.29) is 5.82 Å². The maximum atomic E-state index is 13.8. The number of ether oxygens (including phenoxy) is 1. The Labute approximate surface area is 215 Å². The van der Waals surface area contributed by atoms with Crippen LogP contribution in [0.25, 0.3) is 33.2 Å². The molecule has 1 atom stereocenters. The molecule has 0 radical (unpaired) electrons. The molecule has 0 amide bonds. The molecule has 0 saturated carbocycles. The second-order valence-electron chi connectivity index (χ2n) is 7.46. The van der Waals surface area contributed by atoms with E-state index in [9.17, 15) is 8.60 Å². The van der Waals surface area contributed by atoms with Gasteiger partial charge in [-0.1, -0.05) is 35.0 Å². The number of aromatic nitrogens is 2. The normalized spacial score (nSPS) is 12.0. The van der Waals surface area contributed by atoms with Gasteiger partial charge in [-0.3, -0.25) is 9.71 Å². The van der Waals surface area contributed by atoms with Gasteiger partial charge in [0.2, 0.25) is 0 Å². The van der Waals surface area contributed by atoms with E-state index in [0.717, 1.165) is 21.0 Å². The van der Waals surface area contributed by atoms with Crippen LogP contribution < -0.4 is 9.46 Å². The number of hydrogen-bond donors (Lipinski definition) is 1. The summed E-state index contributed by atoms with van der Waals surface area (Å²) in [5, 5.41) is 4.97. The summed E-state index contributed by atoms with van der Waals surface area (Å²) >= 11 is 10.3. The van der Waals surface area contributed by atoms with Crippen LogP contribution >= 0.6 is 27.5 Å². The zero-order valence-corrected chi connectivity index (χ0v) is 21.2. The zero-order valence-electron chi connectivity index (χ0n) is 18.1. The Balaban J connectivity index is 1.61. The first-order chi connectivity index (χ1) is 16.9. The highest BCUT2D eigenvalue weighted by Crippen LogP contribution is 2.44. The summed E-state index contributed by atoms with van der Waals surface area (Å²) in [6, 6.07) is 16.7. The highest BCUT2D eigenvalue weighted by Gasteiger charge is 2.19. The summed E-state index contributed by atoms with van der Waals surface area (Å²) < 4.78 is 40.5. The zero-order chi connectivity index (χ0) is 24.5. The largest absolute Gasteiger partial charge is 0.496 e. The van der Waals surface area contributed by atoms with Gasteiger partial charge in [0.25, 0.3) is 0 Å². The molecule has 2 heterocycles.